The van der Waals surface area contributed by atoms with E-state index in [1.807, 2.05) is 6.92 Å². The van der Waals surface area contributed by atoms with Gasteiger partial charge in [-0.15, -0.1) is 0 Å². The quantitative estimate of drug-likeness (QED) is 0.249. The molecular weight excluding hydrogens is 196 g/mol. The number of azide groups is 1. The summed E-state index contributed by atoms with van der Waals surface area (Å²) in [5, 5.41) is 14.0. The lowest BCUT2D eigenvalue weighted by molar-refractivity contribution is -0.385. The second-order valence-corrected chi connectivity index (χ2v) is 3.09. The Balaban J connectivity index is 2.96. The molecule has 0 heterocycles. The van der Waals surface area contributed by atoms with Crippen LogP contribution in [0.25, 0.3) is 10.4 Å². The van der Waals surface area contributed by atoms with Gasteiger partial charge < -0.3 is 0 Å². The van der Waals surface area contributed by atoms with E-state index in [2.05, 4.69) is 10.0 Å². The van der Waals surface area contributed by atoms with Crippen LogP contribution in [0, 0.1) is 17.0 Å². The average molecular weight is 206 g/mol. The molecule has 0 aliphatic carbocycles. The van der Waals surface area contributed by atoms with E-state index in [9.17, 15) is 10.1 Å². The molecule has 0 spiro atoms. The first-order chi connectivity index (χ1) is 7.15. The van der Waals surface area contributed by atoms with Crippen molar-refractivity contribution in [3.63, 3.8) is 0 Å². The van der Waals surface area contributed by atoms with Gasteiger partial charge in [-0.1, -0.05) is 16.7 Å². The Bertz CT molecular complexity index is 424. The SMILES string of the molecule is Cc1ccc([N+](=O)[O-])c(CCN=[N+]=[N-])c1. The average Bonchev–Trinajstić information content (AvgIpc) is 2.18. The molecule has 0 aromatic heterocycles. The number of nitro groups is 1. The van der Waals surface area contributed by atoms with Crippen molar-refractivity contribution in [1.29, 1.82) is 0 Å². The van der Waals surface area contributed by atoms with Crippen molar-refractivity contribution in [3.8, 4) is 0 Å². The van der Waals surface area contributed by atoms with Gasteiger partial charge in [-0.05, 0) is 24.9 Å². The van der Waals surface area contributed by atoms with Crippen LogP contribution in [0.3, 0.4) is 0 Å². The third-order valence-corrected chi connectivity index (χ3v) is 1.98. The molecule has 0 unspecified atom stereocenters. The smallest absolute Gasteiger partial charge is 0.258 e. The number of nitro benzene ring substituents is 1. The lowest BCUT2D eigenvalue weighted by atomic mass is 10.1. The van der Waals surface area contributed by atoms with E-state index in [1.165, 1.54) is 6.07 Å². The number of hydrogen-bond donors (Lipinski definition) is 0. The second kappa shape index (κ2) is 4.97. The zero-order valence-electron chi connectivity index (χ0n) is 8.25. The van der Waals surface area contributed by atoms with E-state index < -0.39 is 4.92 Å². The molecule has 0 atom stereocenters. The highest BCUT2D eigenvalue weighted by Gasteiger charge is 2.12. The summed E-state index contributed by atoms with van der Waals surface area (Å²) in [6.07, 6.45) is 0.391. The Morgan fingerprint density at radius 1 is 1.60 bits per heavy atom. The first-order valence-corrected chi connectivity index (χ1v) is 4.40. The van der Waals surface area contributed by atoms with Crippen LogP contribution >= 0.6 is 0 Å². The van der Waals surface area contributed by atoms with Crippen molar-refractivity contribution in [1.82, 2.24) is 0 Å². The summed E-state index contributed by atoms with van der Waals surface area (Å²) >= 11 is 0. The molecule has 15 heavy (non-hydrogen) atoms. The minimum Gasteiger partial charge on any atom is -0.258 e. The highest BCUT2D eigenvalue weighted by molar-refractivity contribution is 5.42. The maximum absolute atomic E-state index is 10.7. The standard InChI is InChI=1S/C9H10N4O2/c1-7-2-3-9(13(14)15)8(6-7)4-5-11-12-10/h2-3,6H,4-5H2,1H3. The summed E-state index contributed by atoms with van der Waals surface area (Å²) in [4.78, 5) is 12.8. The minimum atomic E-state index is -0.426. The molecule has 0 saturated heterocycles. The molecule has 0 fully saturated rings. The minimum absolute atomic E-state index is 0.0775. The summed E-state index contributed by atoms with van der Waals surface area (Å²) in [5.74, 6) is 0. The van der Waals surface area contributed by atoms with Crippen LogP contribution in [-0.2, 0) is 6.42 Å². The predicted molar refractivity (Wildman–Crippen MR) is 55.6 cm³/mol. The Labute approximate surface area is 86.3 Å². The number of nitrogens with zero attached hydrogens (tertiary/aromatic N) is 4. The lowest BCUT2D eigenvalue weighted by Gasteiger charge is -2.01. The lowest BCUT2D eigenvalue weighted by Crippen LogP contribution is -1.97. The monoisotopic (exact) mass is 206 g/mol. The molecule has 0 radical (unpaired) electrons. The molecule has 78 valence electrons. The Kier molecular flexibility index (Phi) is 3.65. The fourth-order valence-corrected chi connectivity index (χ4v) is 1.31. The summed E-state index contributed by atoms with van der Waals surface area (Å²) in [6.45, 7) is 2.10. The Morgan fingerprint density at radius 3 is 2.93 bits per heavy atom. The summed E-state index contributed by atoms with van der Waals surface area (Å²) in [7, 11) is 0. The summed E-state index contributed by atoms with van der Waals surface area (Å²) in [5.41, 5.74) is 9.74. The Morgan fingerprint density at radius 2 is 2.33 bits per heavy atom. The largest absolute Gasteiger partial charge is 0.272 e. The van der Waals surface area contributed by atoms with E-state index in [0.29, 0.717) is 12.0 Å². The van der Waals surface area contributed by atoms with Crippen LogP contribution in [-0.4, -0.2) is 11.5 Å². The van der Waals surface area contributed by atoms with Gasteiger partial charge in [0.1, 0.15) is 0 Å². The number of aryl methyl sites for hydroxylation is 1. The third-order valence-electron chi connectivity index (χ3n) is 1.98. The van der Waals surface area contributed by atoms with Crippen LogP contribution in [0.2, 0.25) is 0 Å². The van der Waals surface area contributed by atoms with Crippen LogP contribution in [0.1, 0.15) is 11.1 Å². The maximum atomic E-state index is 10.7. The molecule has 1 rings (SSSR count). The normalized spacial score (nSPS) is 9.40. The third kappa shape index (κ3) is 2.96. The van der Waals surface area contributed by atoms with Crippen LogP contribution in [0.4, 0.5) is 5.69 Å². The zero-order valence-corrected chi connectivity index (χ0v) is 8.25. The summed E-state index contributed by atoms with van der Waals surface area (Å²) < 4.78 is 0. The molecule has 6 heteroatoms. The van der Waals surface area contributed by atoms with Gasteiger partial charge in [-0.2, -0.15) is 0 Å². The second-order valence-electron chi connectivity index (χ2n) is 3.09. The first kappa shape index (κ1) is 11.0. The molecule has 0 aliphatic heterocycles. The van der Waals surface area contributed by atoms with Crippen LogP contribution in [0.15, 0.2) is 23.3 Å². The van der Waals surface area contributed by atoms with E-state index in [0.717, 1.165) is 5.56 Å². The molecule has 0 bridgehead atoms. The van der Waals surface area contributed by atoms with Gasteiger partial charge in [-0.3, -0.25) is 10.1 Å². The molecule has 0 aliphatic rings. The Hall–Kier alpha value is -2.07. The van der Waals surface area contributed by atoms with Gasteiger partial charge in [0.15, 0.2) is 0 Å². The van der Waals surface area contributed by atoms with E-state index in [1.54, 1.807) is 12.1 Å². The molecule has 6 nitrogen and oxygen atoms in total. The van der Waals surface area contributed by atoms with E-state index >= 15 is 0 Å². The number of benzene rings is 1. The van der Waals surface area contributed by atoms with Gasteiger partial charge >= 0.3 is 0 Å². The molecule has 0 saturated carbocycles. The van der Waals surface area contributed by atoms with Crippen molar-refractivity contribution in [2.45, 2.75) is 13.3 Å². The molecule has 1 aromatic rings. The van der Waals surface area contributed by atoms with Crippen molar-refractivity contribution in [3.05, 3.63) is 49.9 Å². The number of rotatable bonds is 4. The highest BCUT2D eigenvalue weighted by Crippen LogP contribution is 2.20. The van der Waals surface area contributed by atoms with Gasteiger partial charge in [0, 0.05) is 23.1 Å². The molecule has 1 aromatic carbocycles. The topological polar surface area (TPSA) is 91.9 Å². The van der Waals surface area contributed by atoms with Gasteiger partial charge in [-0.25, -0.2) is 0 Å². The molecule has 0 amide bonds. The molecular formula is C9H10N4O2. The van der Waals surface area contributed by atoms with Crippen molar-refractivity contribution in [2.75, 3.05) is 6.54 Å². The fourth-order valence-electron chi connectivity index (χ4n) is 1.31. The van der Waals surface area contributed by atoms with Crippen molar-refractivity contribution in [2.24, 2.45) is 5.11 Å². The van der Waals surface area contributed by atoms with Crippen LogP contribution < -0.4 is 0 Å². The van der Waals surface area contributed by atoms with Gasteiger partial charge in [0.2, 0.25) is 0 Å². The van der Waals surface area contributed by atoms with Gasteiger partial charge in [0.05, 0.1) is 4.92 Å². The van der Waals surface area contributed by atoms with Crippen LogP contribution in [0.5, 0.6) is 0 Å². The fraction of sp³-hybridized carbons (Fsp3) is 0.333. The van der Waals surface area contributed by atoms with Crippen molar-refractivity contribution < 1.29 is 4.92 Å². The predicted octanol–water partition coefficient (Wildman–Crippen LogP) is 2.76. The van der Waals surface area contributed by atoms with Crippen molar-refractivity contribution >= 4 is 5.69 Å². The zero-order chi connectivity index (χ0) is 11.3. The number of hydrogen-bond acceptors (Lipinski definition) is 3. The van der Waals surface area contributed by atoms with E-state index in [-0.39, 0.29) is 12.2 Å². The summed E-state index contributed by atoms with van der Waals surface area (Å²) in [6, 6.07) is 4.90. The van der Waals surface area contributed by atoms with Gasteiger partial charge in [0.25, 0.3) is 5.69 Å². The first-order valence-electron chi connectivity index (χ1n) is 4.40. The van der Waals surface area contributed by atoms with E-state index in [4.69, 9.17) is 5.53 Å². The highest BCUT2D eigenvalue weighted by atomic mass is 16.6. The molecule has 0 N–H and O–H groups in total. The maximum Gasteiger partial charge on any atom is 0.272 e.